The van der Waals surface area contributed by atoms with Crippen molar-refractivity contribution in [2.75, 3.05) is 46.8 Å². The van der Waals surface area contributed by atoms with Gasteiger partial charge in [-0.05, 0) is 146 Å². The van der Waals surface area contributed by atoms with Crippen molar-refractivity contribution in [3.63, 3.8) is 0 Å². The summed E-state index contributed by atoms with van der Waals surface area (Å²) in [5.41, 5.74) is 9.11. The van der Waals surface area contributed by atoms with E-state index >= 15 is 0 Å². The quantitative estimate of drug-likeness (QED) is 0.0281. The molecule has 6 aliphatic rings. The highest BCUT2D eigenvalue weighted by Crippen LogP contribution is 2.62. The zero-order valence-corrected chi connectivity index (χ0v) is 42.1. The van der Waals surface area contributed by atoms with Gasteiger partial charge in [0.2, 0.25) is 0 Å². The number of aromatic hydroxyl groups is 2. The van der Waals surface area contributed by atoms with E-state index in [9.17, 15) is 20.4 Å². The maximum absolute atomic E-state index is 11.8. The molecule has 9 N–H and O–H groups in total. The summed E-state index contributed by atoms with van der Waals surface area (Å²) in [4.78, 5) is 3.38. The largest absolute Gasteiger partial charge is 0.507 e. The lowest BCUT2D eigenvalue weighted by Crippen LogP contribution is -2.62. The third-order valence-electron chi connectivity index (χ3n) is 16.2. The highest BCUT2D eigenvalue weighted by molar-refractivity contribution is 5.90. The second-order valence-electron chi connectivity index (χ2n) is 21.8. The molecule has 1 fully saturated rings. The summed E-state index contributed by atoms with van der Waals surface area (Å²) in [6, 6.07) is 17.9. The van der Waals surface area contributed by atoms with Crippen LogP contribution in [0.2, 0.25) is 0 Å². The third-order valence-corrected chi connectivity index (χ3v) is 16.2. The van der Waals surface area contributed by atoms with Gasteiger partial charge in [-0.1, -0.05) is 56.7 Å². The van der Waals surface area contributed by atoms with E-state index in [2.05, 4.69) is 88.3 Å². The molecule has 13 heteroatoms. The molecule has 0 saturated heterocycles. The van der Waals surface area contributed by atoms with E-state index in [1.165, 1.54) is 24.0 Å². The van der Waals surface area contributed by atoms with E-state index in [0.29, 0.717) is 81.7 Å². The summed E-state index contributed by atoms with van der Waals surface area (Å²) < 4.78 is 28.5. The van der Waals surface area contributed by atoms with E-state index in [4.69, 9.17) is 18.9 Å². The summed E-state index contributed by atoms with van der Waals surface area (Å²) in [6.07, 6.45) is 10.8. The molecule has 4 aromatic carbocycles. The van der Waals surface area contributed by atoms with Gasteiger partial charge in [-0.2, -0.15) is 0 Å². The van der Waals surface area contributed by atoms with Crippen molar-refractivity contribution in [3.8, 4) is 51.7 Å². The predicted octanol–water partition coefficient (Wildman–Crippen LogP) is 7.98. The van der Waals surface area contributed by atoms with Crippen LogP contribution in [0.15, 0.2) is 66.4 Å². The van der Waals surface area contributed by atoms with Gasteiger partial charge in [-0.25, -0.2) is 0 Å². The minimum Gasteiger partial charge on any atom is -0.507 e. The van der Waals surface area contributed by atoms with Crippen molar-refractivity contribution < 1.29 is 39.4 Å². The van der Waals surface area contributed by atoms with E-state index < -0.39 is 29.5 Å². The molecule has 4 heterocycles. The van der Waals surface area contributed by atoms with Crippen molar-refractivity contribution in [2.24, 2.45) is 5.92 Å². The zero-order valence-electron chi connectivity index (χ0n) is 42.1. The maximum atomic E-state index is 11.8. The van der Waals surface area contributed by atoms with Crippen LogP contribution in [0, 0.1) is 17.8 Å². The Kier molecular flexibility index (Phi) is 13.6. The monoisotopic (exact) mass is 978 g/mol. The SMILES string of the molecule is CNCC1=Cc2c(O)ccc3c2[C@H](Cc2c4c(c5c(c2-3)O[C@H](CO)CC5)O[C@@H]2c3ccc(O)c(c3)OCCC#C[C@H](NCNC[C@@](C)(O)CC(C)C)[C@@]2(OCNC2CCCC2)C4)[C@H]1c1ccc2[nH]ccc2c1. The number of aromatic nitrogens is 1. The first-order valence-electron chi connectivity index (χ1n) is 26.4. The predicted molar refractivity (Wildman–Crippen MR) is 280 cm³/mol. The molecule has 0 unspecified atom stereocenters. The minimum atomic E-state index is -1.18. The number of phenolic OH excluding ortho intramolecular Hbond substituents is 2. The number of hydrogen-bond acceptors (Lipinski definition) is 12. The molecule has 0 radical (unpaired) electrons. The van der Waals surface area contributed by atoms with Crippen LogP contribution in [0.1, 0.15) is 123 Å². The molecular weight excluding hydrogens is 907 g/mol. The van der Waals surface area contributed by atoms with Crippen LogP contribution in [0.3, 0.4) is 0 Å². The Balaban J connectivity index is 1.12. The number of nitrogens with one attached hydrogen (secondary N) is 5. The molecule has 7 atom stereocenters. The summed E-state index contributed by atoms with van der Waals surface area (Å²) in [6.45, 7) is 7.86. The number of fused-ring (bicyclic) bond motifs is 12. The average Bonchev–Trinajstić information content (AvgIpc) is 4.07. The Morgan fingerprint density at radius 1 is 0.944 bits per heavy atom. The fraction of sp³-hybridized carbons (Fsp3) is 0.492. The first-order valence-corrected chi connectivity index (χ1v) is 26.4. The van der Waals surface area contributed by atoms with Crippen LogP contribution in [0.25, 0.3) is 28.1 Å². The second kappa shape index (κ2) is 20.0. The lowest BCUT2D eigenvalue weighted by Gasteiger charge is -2.50. The summed E-state index contributed by atoms with van der Waals surface area (Å²) >= 11 is 0. The molecule has 5 aromatic rings. The van der Waals surface area contributed by atoms with Gasteiger partial charge >= 0.3 is 0 Å². The normalized spacial score (nSPS) is 24.9. The molecule has 380 valence electrons. The van der Waals surface area contributed by atoms with Gasteiger partial charge in [-0.3, -0.25) is 10.6 Å². The van der Waals surface area contributed by atoms with Crippen LogP contribution in [-0.2, 0) is 24.0 Å². The number of H-pyrrole nitrogens is 1. The van der Waals surface area contributed by atoms with Crippen molar-refractivity contribution >= 4 is 17.0 Å². The van der Waals surface area contributed by atoms with Crippen LogP contribution in [0.4, 0.5) is 0 Å². The highest BCUT2D eigenvalue weighted by atomic mass is 16.6. The molecule has 3 aliphatic carbocycles. The van der Waals surface area contributed by atoms with Gasteiger partial charge in [0.25, 0.3) is 0 Å². The van der Waals surface area contributed by atoms with E-state index in [0.717, 1.165) is 74.0 Å². The molecule has 3 aliphatic heterocycles. The zero-order chi connectivity index (χ0) is 49.7. The maximum Gasteiger partial charge on any atom is 0.161 e. The number of ether oxygens (including phenoxy) is 4. The van der Waals surface area contributed by atoms with Crippen LogP contribution >= 0.6 is 0 Å². The second-order valence-corrected chi connectivity index (χ2v) is 21.8. The fourth-order valence-corrected chi connectivity index (χ4v) is 13.2. The molecule has 72 heavy (non-hydrogen) atoms. The number of hydrogen-bond donors (Lipinski definition) is 9. The van der Waals surface area contributed by atoms with Crippen LogP contribution in [0.5, 0.6) is 28.7 Å². The third kappa shape index (κ3) is 9.03. The number of benzene rings is 4. The standard InChI is InChI=1S/C59H71N5O8/c1-34(2)27-58(3,68)31-61-32-63-51-11-7-8-22-69-50-25-37(13-18-49(50)67)57-59(51,70-33-64-39-9-5-6-10-39)28-46-43-26-45-52(36-12-17-47-35(23-36)20-21-62-47)38(29-60-4)24-44-48(66)19-16-41(53(44)45)54(43)56-42(55(46)72-57)15-14-40(30-65)71-56/h12-13,16-21,23-25,34,39-40,45,51-52,57,60-68H,5-6,8-10,14-15,22,26-33H2,1-4H3/t40-,45+,51-,52-,57+,58-,59-/m0/s1. The lowest BCUT2D eigenvalue weighted by molar-refractivity contribution is -0.143. The molecule has 2 bridgehead atoms. The minimum absolute atomic E-state index is 0.0345. The number of likely N-dealkylation sites (N-methyl/N-ethyl adjacent to an activating group) is 1. The Labute approximate surface area is 423 Å². The molecule has 1 saturated carbocycles. The van der Waals surface area contributed by atoms with Crippen molar-refractivity contribution in [1.29, 1.82) is 0 Å². The summed E-state index contributed by atoms with van der Waals surface area (Å²) in [5, 5.41) is 60.8. The van der Waals surface area contributed by atoms with Gasteiger partial charge in [-0.15, -0.1) is 0 Å². The molecule has 0 amide bonds. The fourth-order valence-electron chi connectivity index (χ4n) is 13.2. The molecule has 11 rings (SSSR count). The van der Waals surface area contributed by atoms with Gasteiger partial charge in [0.15, 0.2) is 17.6 Å². The van der Waals surface area contributed by atoms with Gasteiger partial charge in [0.1, 0.15) is 35.0 Å². The Hall–Kier alpha value is -5.56. The first-order chi connectivity index (χ1) is 34.9. The molecule has 1 aromatic heterocycles. The number of aliphatic hydroxyl groups excluding tert-OH is 1. The number of phenols is 2. The first kappa shape index (κ1) is 48.7. The average molecular weight is 978 g/mol. The van der Waals surface area contributed by atoms with E-state index in [1.54, 1.807) is 6.07 Å². The van der Waals surface area contributed by atoms with Gasteiger partial charge in [0, 0.05) is 78.5 Å². The topological polar surface area (TPSA) is 182 Å². The molecular formula is C59H71N5O8. The molecule has 0 spiro atoms. The summed E-state index contributed by atoms with van der Waals surface area (Å²) in [5.74, 6) is 9.40. The number of rotatable bonds is 15. The smallest absolute Gasteiger partial charge is 0.161 e. The Bertz CT molecular complexity index is 2930. The van der Waals surface area contributed by atoms with Gasteiger partial charge < -0.3 is 55.0 Å². The lowest BCUT2D eigenvalue weighted by atomic mass is 9.62. The van der Waals surface area contributed by atoms with Gasteiger partial charge in [0.05, 0.1) is 25.5 Å². The summed E-state index contributed by atoms with van der Waals surface area (Å²) in [7, 11) is 1.98. The van der Waals surface area contributed by atoms with Crippen LogP contribution in [-0.4, -0.2) is 102 Å². The van der Waals surface area contributed by atoms with Crippen molar-refractivity contribution in [3.05, 3.63) is 105 Å². The number of aliphatic hydroxyl groups is 2. The highest BCUT2D eigenvalue weighted by Gasteiger charge is 2.55. The van der Waals surface area contributed by atoms with Crippen molar-refractivity contribution in [2.45, 2.75) is 132 Å². The Morgan fingerprint density at radius 3 is 2.60 bits per heavy atom. The van der Waals surface area contributed by atoms with Crippen molar-refractivity contribution in [1.82, 2.24) is 26.3 Å². The van der Waals surface area contributed by atoms with Crippen LogP contribution < -0.4 is 35.5 Å². The number of aromatic amines is 1. The van der Waals surface area contributed by atoms with E-state index in [-0.39, 0.29) is 43.3 Å². The molecule has 13 nitrogen and oxygen atoms in total. The Morgan fingerprint density at radius 2 is 1.78 bits per heavy atom. The van der Waals surface area contributed by atoms with E-state index in [1.807, 2.05) is 38.4 Å².